The molecule has 1 amide bonds. The lowest BCUT2D eigenvalue weighted by atomic mass is 10.0. The molecule has 22 heavy (non-hydrogen) atoms. The van der Waals surface area contributed by atoms with Crippen molar-refractivity contribution >= 4 is 11.8 Å². The summed E-state index contributed by atoms with van der Waals surface area (Å²) in [6.07, 6.45) is 0.453. The summed E-state index contributed by atoms with van der Waals surface area (Å²) in [6, 6.07) is 6.30. The van der Waals surface area contributed by atoms with E-state index in [2.05, 4.69) is 34.3 Å². The molecule has 2 aliphatic heterocycles. The second-order valence-corrected chi connectivity index (χ2v) is 5.94. The van der Waals surface area contributed by atoms with E-state index in [4.69, 9.17) is 9.47 Å². The van der Waals surface area contributed by atoms with Crippen molar-refractivity contribution in [2.75, 3.05) is 51.8 Å². The molecule has 120 valence electrons. The smallest absolute Gasteiger partial charge is 0.407 e. The van der Waals surface area contributed by atoms with E-state index in [1.807, 2.05) is 6.07 Å². The first kappa shape index (κ1) is 15.0. The molecule has 0 aliphatic carbocycles. The fraction of sp³-hybridized carbons (Fsp3) is 0.562. The predicted molar refractivity (Wildman–Crippen MR) is 84.7 cm³/mol. The number of methoxy groups -OCH3 is 1. The molecule has 6 nitrogen and oxygen atoms in total. The van der Waals surface area contributed by atoms with Crippen LogP contribution in [0, 0.1) is 0 Å². The lowest BCUT2D eigenvalue weighted by Crippen LogP contribution is -2.44. The third-order valence-electron chi connectivity index (χ3n) is 4.31. The molecule has 0 radical (unpaired) electrons. The van der Waals surface area contributed by atoms with Gasteiger partial charge in [0, 0.05) is 26.2 Å². The molecule has 0 bridgehead atoms. The van der Waals surface area contributed by atoms with Gasteiger partial charge in [-0.25, -0.2) is 4.79 Å². The molecule has 0 spiro atoms. The maximum atomic E-state index is 11.1. The van der Waals surface area contributed by atoms with Gasteiger partial charge in [0.05, 0.1) is 18.8 Å². The van der Waals surface area contributed by atoms with Gasteiger partial charge in [0.15, 0.2) is 0 Å². The van der Waals surface area contributed by atoms with E-state index < -0.39 is 0 Å². The summed E-state index contributed by atoms with van der Waals surface area (Å²) in [5.74, 6) is 0.903. The number of amides is 1. The van der Waals surface area contributed by atoms with Gasteiger partial charge in [0.1, 0.15) is 12.4 Å². The van der Waals surface area contributed by atoms with Crippen LogP contribution in [0.1, 0.15) is 5.56 Å². The number of alkyl carbamates (subject to hydrolysis) is 1. The number of cyclic esters (lactones) is 1. The van der Waals surface area contributed by atoms with Gasteiger partial charge in [-0.3, -0.25) is 0 Å². The lowest BCUT2D eigenvalue weighted by molar-refractivity contribution is 0.177. The van der Waals surface area contributed by atoms with Gasteiger partial charge in [-0.15, -0.1) is 0 Å². The summed E-state index contributed by atoms with van der Waals surface area (Å²) in [4.78, 5) is 15.8. The number of ether oxygens (including phenoxy) is 2. The van der Waals surface area contributed by atoms with E-state index in [1.165, 1.54) is 5.56 Å². The Morgan fingerprint density at radius 1 is 1.32 bits per heavy atom. The molecule has 2 fully saturated rings. The van der Waals surface area contributed by atoms with Crippen LogP contribution in [0.3, 0.4) is 0 Å². The molecular formula is C16H23N3O3. The first-order chi connectivity index (χ1) is 10.7. The number of hydrogen-bond acceptors (Lipinski definition) is 5. The van der Waals surface area contributed by atoms with Crippen LogP contribution in [0.25, 0.3) is 0 Å². The Balaban J connectivity index is 1.75. The maximum Gasteiger partial charge on any atom is 0.407 e. The number of anilines is 1. The number of piperazine rings is 1. The van der Waals surface area contributed by atoms with Crippen LogP contribution in [0.2, 0.25) is 0 Å². The van der Waals surface area contributed by atoms with Crippen LogP contribution in [-0.2, 0) is 11.2 Å². The zero-order chi connectivity index (χ0) is 15.5. The van der Waals surface area contributed by atoms with Crippen LogP contribution in [0.5, 0.6) is 5.75 Å². The Labute approximate surface area is 131 Å². The quantitative estimate of drug-likeness (QED) is 0.903. The molecule has 1 atom stereocenters. The molecule has 2 saturated heterocycles. The summed E-state index contributed by atoms with van der Waals surface area (Å²) in [6.45, 7) is 4.55. The highest BCUT2D eigenvalue weighted by molar-refractivity contribution is 5.69. The van der Waals surface area contributed by atoms with Gasteiger partial charge in [0.2, 0.25) is 0 Å². The van der Waals surface area contributed by atoms with Crippen LogP contribution in [0.4, 0.5) is 10.5 Å². The van der Waals surface area contributed by atoms with E-state index in [-0.39, 0.29) is 12.1 Å². The molecule has 2 heterocycles. The molecule has 1 aromatic carbocycles. The minimum absolute atomic E-state index is 0.0567. The minimum atomic E-state index is -0.321. The first-order valence-electron chi connectivity index (χ1n) is 7.69. The number of nitrogens with one attached hydrogen (secondary N) is 1. The van der Waals surface area contributed by atoms with Gasteiger partial charge in [-0.05, 0) is 31.2 Å². The van der Waals surface area contributed by atoms with Gasteiger partial charge in [-0.1, -0.05) is 6.07 Å². The molecule has 1 N–H and O–H groups in total. The molecule has 3 rings (SSSR count). The molecule has 0 saturated carbocycles. The van der Waals surface area contributed by atoms with E-state index in [9.17, 15) is 4.79 Å². The summed E-state index contributed by atoms with van der Waals surface area (Å²) >= 11 is 0. The molecule has 1 aromatic rings. The highest BCUT2D eigenvalue weighted by Gasteiger charge is 2.23. The van der Waals surface area contributed by atoms with E-state index in [0.717, 1.165) is 44.0 Å². The zero-order valence-electron chi connectivity index (χ0n) is 13.2. The second-order valence-electron chi connectivity index (χ2n) is 5.94. The fourth-order valence-corrected chi connectivity index (χ4v) is 2.98. The fourth-order valence-electron chi connectivity index (χ4n) is 2.98. The lowest BCUT2D eigenvalue weighted by Gasteiger charge is -2.35. The van der Waals surface area contributed by atoms with Crippen molar-refractivity contribution in [3.63, 3.8) is 0 Å². The molecule has 6 heteroatoms. The summed E-state index contributed by atoms with van der Waals surface area (Å²) in [5.41, 5.74) is 2.32. The minimum Gasteiger partial charge on any atom is -0.495 e. The van der Waals surface area contributed by atoms with E-state index in [1.54, 1.807) is 7.11 Å². The van der Waals surface area contributed by atoms with Crippen LogP contribution < -0.4 is 15.0 Å². The van der Waals surface area contributed by atoms with Crippen molar-refractivity contribution in [3.8, 4) is 5.75 Å². The summed E-state index contributed by atoms with van der Waals surface area (Å²) in [7, 11) is 3.85. The molecule has 2 aliphatic rings. The average Bonchev–Trinajstić information content (AvgIpc) is 2.93. The van der Waals surface area contributed by atoms with E-state index in [0.29, 0.717) is 6.61 Å². The van der Waals surface area contributed by atoms with Gasteiger partial charge >= 0.3 is 6.09 Å². The highest BCUT2D eigenvalue weighted by Crippen LogP contribution is 2.30. The third-order valence-corrected chi connectivity index (χ3v) is 4.31. The first-order valence-corrected chi connectivity index (χ1v) is 7.69. The second kappa shape index (κ2) is 6.44. The van der Waals surface area contributed by atoms with Crippen molar-refractivity contribution < 1.29 is 14.3 Å². The molecule has 0 aromatic heterocycles. The Hall–Kier alpha value is -1.95. The van der Waals surface area contributed by atoms with Gasteiger partial charge in [0.25, 0.3) is 0 Å². The predicted octanol–water partition coefficient (Wildman–Crippen LogP) is 1.10. The standard InChI is InChI=1S/C16H23N3O3/c1-18-5-7-19(8-6-18)14-10-12(3-4-15(14)21-2)9-13-11-22-16(20)17-13/h3-4,10,13H,5-9,11H2,1-2H3,(H,17,20). The number of likely N-dealkylation sites (N-methyl/N-ethyl adjacent to an activating group) is 1. The SMILES string of the molecule is COc1ccc(CC2COC(=O)N2)cc1N1CCN(C)CC1. The number of benzene rings is 1. The number of carbonyl (C=O) groups excluding carboxylic acids is 1. The highest BCUT2D eigenvalue weighted by atomic mass is 16.6. The van der Waals surface area contributed by atoms with Crippen molar-refractivity contribution in [3.05, 3.63) is 23.8 Å². The molecular weight excluding hydrogens is 282 g/mol. The Bertz CT molecular complexity index is 541. The van der Waals surface area contributed by atoms with Crippen LogP contribution in [-0.4, -0.2) is 64.0 Å². The number of carbonyl (C=O) groups is 1. The monoisotopic (exact) mass is 305 g/mol. The topological polar surface area (TPSA) is 54.0 Å². The van der Waals surface area contributed by atoms with Crippen LogP contribution in [0.15, 0.2) is 18.2 Å². The van der Waals surface area contributed by atoms with Gasteiger partial charge in [-0.2, -0.15) is 0 Å². The average molecular weight is 305 g/mol. The summed E-state index contributed by atoms with van der Waals surface area (Å²) < 4.78 is 10.5. The van der Waals surface area contributed by atoms with Crippen molar-refractivity contribution in [2.45, 2.75) is 12.5 Å². The number of hydrogen-bond donors (Lipinski definition) is 1. The maximum absolute atomic E-state index is 11.1. The van der Waals surface area contributed by atoms with Gasteiger partial charge < -0.3 is 24.6 Å². The zero-order valence-corrected chi connectivity index (χ0v) is 13.2. The summed E-state index contributed by atoms with van der Waals surface area (Å²) in [5, 5.41) is 2.82. The number of rotatable bonds is 4. The normalized spacial score (nSPS) is 22.4. The van der Waals surface area contributed by atoms with E-state index >= 15 is 0 Å². The Morgan fingerprint density at radius 2 is 2.09 bits per heavy atom. The largest absolute Gasteiger partial charge is 0.495 e. The van der Waals surface area contributed by atoms with Crippen molar-refractivity contribution in [2.24, 2.45) is 0 Å². The third kappa shape index (κ3) is 3.27. The Morgan fingerprint density at radius 3 is 2.73 bits per heavy atom. The Kier molecular flexibility index (Phi) is 4.38. The van der Waals surface area contributed by atoms with Crippen molar-refractivity contribution in [1.82, 2.24) is 10.2 Å². The molecule has 1 unspecified atom stereocenters. The number of nitrogens with zero attached hydrogens (tertiary/aromatic N) is 2. The van der Waals surface area contributed by atoms with Crippen LogP contribution >= 0.6 is 0 Å². The van der Waals surface area contributed by atoms with Crippen molar-refractivity contribution in [1.29, 1.82) is 0 Å².